The van der Waals surface area contributed by atoms with Crippen LogP contribution in [-0.2, 0) is 9.59 Å². The van der Waals surface area contributed by atoms with Gasteiger partial charge in [0.2, 0.25) is 5.91 Å². The van der Waals surface area contributed by atoms with E-state index in [1.165, 1.54) is 13.3 Å². The van der Waals surface area contributed by atoms with Gasteiger partial charge in [-0.1, -0.05) is 6.42 Å². The van der Waals surface area contributed by atoms with Crippen molar-refractivity contribution in [2.24, 2.45) is 5.92 Å². The van der Waals surface area contributed by atoms with E-state index in [0.29, 0.717) is 12.3 Å². The number of carbonyl (C=O) groups is 2. The average molecular weight is 215 g/mol. The zero-order valence-corrected chi connectivity index (χ0v) is 8.82. The summed E-state index contributed by atoms with van der Waals surface area (Å²) in [4.78, 5) is 21.8. The van der Waals surface area contributed by atoms with Crippen molar-refractivity contribution >= 4 is 11.9 Å². The number of nitrogens with one attached hydrogen (secondary N) is 1. The molecule has 5 nitrogen and oxygen atoms in total. The Balaban J connectivity index is 2.23. The van der Waals surface area contributed by atoms with Crippen molar-refractivity contribution in [3.63, 3.8) is 0 Å². The van der Waals surface area contributed by atoms with Gasteiger partial charge in [-0.25, -0.2) is 4.79 Å². The van der Waals surface area contributed by atoms with Crippen molar-refractivity contribution in [3.8, 4) is 0 Å². The molecule has 1 saturated carbocycles. The number of hydrogen-bond donors (Lipinski definition) is 3. The number of rotatable bonds is 5. The van der Waals surface area contributed by atoms with Crippen LogP contribution in [0.1, 0.15) is 32.6 Å². The molecule has 0 bridgehead atoms. The smallest absolute Gasteiger partial charge is 0.337 e. The van der Waals surface area contributed by atoms with Crippen LogP contribution in [0.15, 0.2) is 0 Å². The van der Waals surface area contributed by atoms with E-state index < -0.39 is 11.6 Å². The molecular weight excluding hydrogens is 198 g/mol. The van der Waals surface area contributed by atoms with E-state index >= 15 is 0 Å². The predicted octanol–water partition coefficient (Wildman–Crippen LogP) is 0.128. The van der Waals surface area contributed by atoms with E-state index in [0.717, 1.165) is 12.8 Å². The number of aliphatic carboxylic acids is 1. The van der Waals surface area contributed by atoms with E-state index in [4.69, 9.17) is 5.11 Å². The average Bonchev–Trinajstić information content (AvgIpc) is 2.08. The molecule has 1 amide bonds. The lowest BCUT2D eigenvalue weighted by Gasteiger charge is -2.25. The normalized spacial score (nSPS) is 20.1. The van der Waals surface area contributed by atoms with Crippen LogP contribution in [0.25, 0.3) is 0 Å². The summed E-state index contributed by atoms with van der Waals surface area (Å²) in [6.45, 7) is 0.923. The number of amides is 1. The first-order chi connectivity index (χ1) is 6.92. The number of carbonyl (C=O) groups excluding carboxylic acids is 1. The van der Waals surface area contributed by atoms with Crippen molar-refractivity contribution in [1.82, 2.24) is 5.32 Å². The van der Waals surface area contributed by atoms with E-state index in [-0.39, 0.29) is 12.5 Å². The van der Waals surface area contributed by atoms with Crippen LogP contribution in [0.4, 0.5) is 0 Å². The molecule has 1 atom stereocenters. The Morgan fingerprint density at radius 2 is 2.07 bits per heavy atom. The molecule has 5 heteroatoms. The summed E-state index contributed by atoms with van der Waals surface area (Å²) in [6, 6.07) is 0. The first-order valence-electron chi connectivity index (χ1n) is 5.14. The molecule has 1 rings (SSSR count). The molecule has 0 aliphatic heterocycles. The molecular formula is C10H17NO4. The topological polar surface area (TPSA) is 86.6 Å². The molecule has 0 aromatic carbocycles. The minimum absolute atomic E-state index is 0.179. The zero-order valence-electron chi connectivity index (χ0n) is 8.82. The van der Waals surface area contributed by atoms with Crippen molar-refractivity contribution < 1.29 is 19.8 Å². The Morgan fingerprint density at radius 3 is 2.47 bits per heavy atom. The van der Waals surface area contributed by atoms with Gasteiger partial charge in [-0.15, -0.1) is 0 Å². The van der Waals surface area contributed by atoms with Crippen LogP contribution in [0.5, 0.6) is 0 Å². The molecule has 0 spiro atoms. The molecule has 1 unspecified atom stereocenters. The lowest BCUT2D eigenvalue weighted by Crippen LogP contribution is -2.46. The Morgan fingerprint density at radius 1 is 1.47 bits per heavy atom. The van der Waals surface area contributed by atoms with Gasteiger partial charge >= 0.3 is 5.97 Å². The summed E-state index contributed by atoms with van der Waals surface area (Å²) in [5, 5.41) is 20.4. The van der Waals surface area contributed by atoms with Gasteiger partial charge < -0.3 is 15.5 Å². The SMILES string of the molecule is CC(O)(CNC(=O)CC1CCC1)C(=O)O. The molecule has 0 saturated heterocycles. The molecule has 1 fully saturated rings. The fourth-order valence-electron chi connectivity index (χ4n) is 1.38. The zero-order chi connectivity index (χ0) is 11.5. The minimum Gasteiger partial charge on any atom is -0.479 e. The maximum atomic E-state index is 11.3. The summed E-state index contributed by atoms with van der Waals surface area (Å²) >= 11 is 0. The van der Waals surface area contributed by atoms with Crippen LogP contribution in [0.3, 0.4) is 0 Å². The van der Waals surface area contributed by atoms with Crippen molar-refractivity contribution in [2.75, 3.05) is 6.54 Å². The standard InChI is InChI=1S/C10H17NO4/c1-10(15,9(13)14)6-11-8(12)5-7-3-2-4-7/h7,15H,2-6H2,1H3,(H,11,12)(H,13,14). The highest BCUT2D eigenvalue weighted by molar-refractivity contribution is 5.80. The first-order valence-corrected chi connectivity index (χ1v) is 5.14. The van der Waals surface area contributed by atoms with Gasteiger partial charge in [-0.05, 0) is 25.7 Å². The number of hydrogen-bond acceptors (Lipinski definition) is 3. The van der Waals surface area contributed by atoms with E-state index in [1.54, 1.807) is 0 Å². The molecule has 86 valence electrons. The summed E-state index contributed by atoms with van der Waals surface area (Å²) in [7, 11) is 0. The number of aliphatic hydroxyl groups is 1. The van der Waals surface area contributed by atoms with Gasteiger partial charge in [0, 0.05) is 6.42 Å². The second-order valence-corrected chi connectivity index (χ2v) is 4.36. The van der Waals surface area contributed by atoms with Crippen molar-refractivity contribution in [1.29, 1.82) is 0 Å². The maximum absolute atomic E-state index is 11.3. The summed E-state index contributed by atoms with van der Waals surface area (Å²) in [5.74, 6) is -1.06. The first kappa shape index (κ1) is 12.0. The highest BCUT2D eigenvalue weighted by Gasteiger charge is 2.30. The summed E-state index contributed by atoms with van der Waals surface area (Å²) in [5.41, 5.74) is -1.88. The van der Waals surface area contributed by atoms with Crippen LogP contribution in [0.2, 0.25) is 0 Å². The molecule has 0 radical (unpaired) electrons. The Hall–Kier alpha value is -1.10. The lowest BCUT2D eigenvalue weighted by molar-refractivity contribution is -0.156. The fourth-order valence-corrected chi connectivity index (χ4v) is 1.38. The third-order valence-corrected chi connectivity index (χ3v) is 2.79. The molecule has 15 heavy (non-hydrogen) atoms. The van der Waals surface area contributed by atoms with E-state index in [9.17, 15) is 14.7 Å². The van der Waals surface area contributed by atoms with Crippen molar-refractivity contribution in [3.05, 3.63) is 0 Å². The second kappa shape index (κ2) is 4.61. The number of carboxylic acid groups (broad SMARTS) is 1. The van der Waals surface area contributed by atoms with Gasteiger partial charge in [0.1, 0.15) is 0 Å². The van der Waals surface area contributed by atoms with E-state index in [1.807, 2.05) is 0 Å². The molecule has 3 N–H and O–H groups in total. The molecule has 1 aliphatic carbocycles. The highest BCUT2D eigenvalue weighted by Crippen LogP contribution is 2.29. The maximum Gasteiger partial charge on any atom is 0.337 e. The largest absolute Gasteiger partial charge is 0.479 e. The number of carboxylic acids is 1. The monoisotopic (exact) mass is 215 g/mol. The van der Waals surface area contributed by atoms with Crippen LogP contribution < -0.4 is 5.32 Å². The molecule has 0 heterocycles. The van der Waals surface area contributed by atoms with Gasteiger partial charge in [0.05, 0.1) is 6.54 Å². The van der Waals surface area contributed by atoms with Crippen LogP contribution in [-0.4, -0.2) is 34.2 Å². The Kier molecular flexibility index (Phi) is 3.68. The van der Waals surface area contributed by atoms with Gasteiger partial charge in [0.25, 0.3) is 0 Å². The van der Waals surface area contributed by atoms with Crippen LogP contribution in [0, 0.1) is 5.92 Å². The third-order valence-electron chi connectivity index (χ3n) is 2.79. The quantitative estimate of drug-likeness (QED) is 0.608. The molecule has 0 aromatic heterocycles. The second-order valence-electron chi connectivity index (χ2n) is 4.36. The van der Waals surface area contributed by atoms with Crippen LogP contribution >= 0.6 is 0 Å². The van der Waals surface area contributed by atoms with Gasteiger partial charge in [-0.2, -0.15) is 0 Å². The highest BCUT2D eigenvalue weighted by atomic mass is 16.4. The predicted molar refractivity (Wildman–Crippen MR) is 53.2 cm³/mol. The molecule has 1 aliphatic rings. The Labute approximate surface area is 88.5 Å². The molecule has 0 aromatic rings. The summed E-state index contributed by atoms with van der Waals surface area (Å²) < 4.78 is 0. The van der Waals surface area contributed by atoms with Crippen molar-refractivity contribution in [2.45, 2.75) is 38.2 Å². The third kappa shape index (κ3) is 3.51. The summed E-state index contributed by atoms with van der Waals surface area (Å²) in [6.07, 6.45) is 3.76. The Bertz CT molecular complexity index is 258. The minimum atomic E-state index is -1.88. The van der Waals surface area contributed by atoms with Gasteiger partial charge in [-0.3, -0.25) is 4.79 Å². The van der Waals surface area contributed by atoms with E-state index in [2.05, 4.69) is 5.32 Å². The van der Waals surface area contributed by atoms with Gasteiger partial charge in [0.15, 0.2) is 5.60 Å². The lowest BCUT2D eigenvalue weighted by atomic mass is 9.83. The fraction of sp³-hybridized carbons (Fsp3) is 0.800.